The zero-order valence-corrected chi connectivity index (χ0v) is 18.3. The standard InChI is InChI=1S/C22H35N5O3/c1-17(2)27-15-19(12-23-27)13-24-5-3-18(4-6-24)14-26-16-20(11-21(26)28)22(29)25-7-9-30-10-8-25/h12,15,17-18,20H,3-11,13-14,16H2,1-2H3. The molecule has 0 spiro atoms. The van der Waals surface area contributed by atoms with E-state index in [0.717, 1.165) is 39.0 Å². The molecular weight excluding hydrogens is 382 g/mol. The van der Waals surface area contributed by atoms with Crippen LogP contribution in [0, 0.1) is 11.8 Å². The van der Waals surface area contributed by atoms with Crippen molar-refractivity contribution in [3.05, 3.63) is 18.0 Å². The number of hydrogen-bond donors (Lipinski definition) is 0. The van der Waals surface area contributed by atoms with Gasteiger partial charge >= 0.3 is 0 Å². The summed E-state index contributed by atoms with van der Waals surface area (Å²) < 4.78 is 7.34. The first-order chi connectivity index (χ1) is 14.5. The molecule has 8 nitrogen and oxygen atoms in total. The van der Waals surface area contributed by atoms with Crippen molar-refractivity contribution in [1.29, 1.82) is 0 Å². The summed E-state index contributed by atoms with van der Waals surface area (Å²) in [6.07, 6.45) is 6.69. The molecule has 0 aromatic carbocycles. The third-order valence-corrected chi connectivity index (χ3v) is 6.66. The Morgan fingerprint density at radius 1 is 1.20 bits per heavy atom. The second kappa shape index (κ2) is 9.47. The first-order valence-corrected chi connectivity index (χ1v) is 11.4. The quantitative estimate of drug-likeness (QED) is 0.699. The third kappa shape index (κ3) is 5.03. The number of carbonyl (C=O) groups excluding carboxylic acids is 2. The largest absolute Gasteiger partial charge is 0.378 e. The zero-order valence-electron chi connectivity index (χ0n) is 18.3. The van der Waals surface area contributed by atoms with Gasteiger partial charge in [-0.05, 0) is 45.7 Å². The van der Waals surface area contributed by atoms with Crippen molar-refractivity contribution in [1.82, 2.24) is 24.5 Å². The molecule has 8 heteroatoms. The lowest BCUT2D eigenvalue weighted by Crippen LogP contribution is -2.44. The number of likely N-dealkylation sites (tertiary alicyclic amines) is 2. The van der Waals surface area contributed by atoms with Crippen LogP contribution in [-0.2, 0) is 20.9 Å². The monoisotopic (exact) mass is 417 g/mol. The molecule has 4 rings (SSSR count). The summed E-state index contributed by atoms with van der Waals surface area (Å²) in [5, 5.41) is 4.44. The molecule has 30 heavy (non-hydrogen) atoms. The van der Waals surface area contributed by atoms with Crippen molar-refractivity contribution in [3.63, 3.8) is 0 Å². The number of ether oxygens (including phenoxy) is 1. The van der Waals surface area contributed by atoms with Crippen molar-refractivity contribution >= 4 is 11.8 Å². The smallest absolute Gasteiger partial charge is 0.228 e. The molecular formula is C22H35N5O3. The number of piperidine rings is 1. The number of morpholine rings is 1. The Bertz CT molecular complexity index is 735. The van der Waals surface area contributed by atoms with Gasteiger partial charge in [-0.1, -0.05) is 0 Å². The van der Waals surface area contributed by atoms with E-state index >= 15 is 0 Å². The molecule has 0 N–H and O–H groups in total. The number of aromatic nitrogens is 2. The average molecular weight is 418 g/mol. The topological polar surface area (TPSA) is 70.9 Å². The van der Waals surface area contributed by atoms with E-state index in [1.54, 1.807) is 0 Å². The van der Waals surface area contributed by atoms with Crippen LogP contribution in [0.1, 0.15) is 44.7 Å². The molecule has 0 aliphatic carbocycles. The lowest BCUT2D eigenvalue weighted by Gasteiger charge is -2.34. The fourth-order valence-corrected chi connectivity index (χ4v) is 4.79. The lowest BCUT2D eigenvalue weighted by molar-refractivity contribution is -0.139. The van der Waals surface area contributed by atoms with E-state index < -0.39 is 0 Å². The van der Waals surface area contributed by atoms with Crippen molar-refractivity contribution in [3.8, 4) is 0 Å². The molecule has 1 unspecified atom stereocenters. The molecule has 0 radical (unpaired) electrons. The van der Waals surface area contributed by atoms with E-state index in [1.807, 2.05) is 20.7 Å². The van der Waals surface area contributed by atoms with E-state index in [4.69, 9.17) is 4.74 Å². The van der Waals surface area contributed by atoms with Gasteiger partial charge in [-0.15, -0.1) is 0 Å². The van der Waals surface area contributed by atoms with E-state index in [1.165, 1.54) is 5.56 Å². The summed E-state index contributed by atoms with van der Waals surface area (Å²) in [6.45, 7) is 11.2. The molecule has 3 aliphatic heterocycles. The van der Waals surface area contributed by atoms with Crippen LogP contribution >= 0.6 is 0 Å². The van der Waals surface area contributed by atoms with Crippen LogP contribution in [0.2, 0.25) is 0 Å². The van der Waals surface area contributed by atoms with Gasteiger partial charge < -0.3 is 14.5 Å². The van der Waals surface area contributed by atoms with Crippen LogP contribution in [0.3, 0.4) is 0 Å². The summed E-state index contributed by atoms with van der Waals surface area (Å²) in [6, 6.07) is 0.390. The molecule has 166 valence electrons. The van der Waals surface area contributed by atoms with Crippen molar-refractivity contribution < 1.29 is 14.3 Å². The molecule has 1 atom stereocenters. The minimum absolute atomic E-state index is 0.130. The predicted molar refractivity (Wildman–Crippen MR) is 113 cm³/mol. The molecule has 1 aromatic heterocycles. The molecule has 3 aliphatic rings. The molecule has 0 saturated carbocycles. The second-order valence-corrected chi connectivity index (χ2v) is 9.28. The molecule has 2 amide bonds. The summed E-state index contributed by atoms with van der Waals surface area (Å²) in [5.74, 6) is 0.630. The highest BCUT2D eigenvalue weighted by molar-refractivity contribution is 5.89. The summed E-state index contributed by atoms with van der Waals surface area (Å²) in [5.41, 5.74) is 1.27. The van der Waals surface area contributed by atoms with Crippen molar-refractivity contribution in [2.75, 3.05) is 52.5 Å². The normalized spacial score (nSPS) is 24.2. The highest BCUT2D eigenvalue weighted by atomic mass is 16.5. The number of hydrogen-bond acceptors (Lipinski definition) is 5. The van der Waals surface area contributed by atoms with Gasteiger partial charge in [0.1, 0.15) is 0 Å². The Balaban J connectivity index is 1.21. The highest BCUT2D eigenvalue weighted by Crippen LogP contribution is 2.26. The van der Waals surface area contributed by atoms with Crippen LogP contribution in [0.25, 0.3) is 0 Å². The summed E-state index contributed by atoms with van der Waals surface area (Å²) in [7, 11) is 0. The SMILES string of the molecule is CC(C)n1cc(CN2CCC(CN3CC(C(=O)N4CCOCC4)CC3=O)CC2)cn1. The minimum Gasteiger partial charge on any atom is -0.378 e. The van der Waals surface area contributed by atoms with Gasteiger partial charge in [-0.25, -0.2) is 0 Å². The Kier molecular flexibility index (Phi) is 6.73. The lowest BCUT2D eigenvalue weighted by atomic mass is 9.96. The fourth-order valence-electron chi connectivity index (χ4n) is 4.79. The van der Waals surface area contributed by atoms with E-state index in [2.05, 4.69) is 30.0 Å². The maximum atomic E-state index is 12.7. The van der Waals surface area contributed by atoms with E-state index in [0.29, 0.717) is 51.2 Å². The average Bonchev–Trinajstić information content (AvgIpc) is 3.37. The first-order valence-electron chi connectivity index (χ1n) is 11.4. The number of amides is 2. The third-order valence-electron chi connectivity index (χ3n) is 6.66. The Labute approximate surface area is 179 Å². The van der Waals surface area contributed by atoms with Crippen LogP contribution in [0.5, 0.6) is 0 Å². The maximum Gasteiger partial charge on any atom is 0.228 e. The number of carbonyl (C=O) groups is 2. The molecule has 3 saturated heterocycles. The predicted octanol–water partition coefficient (Wildman–Crippen LogP) is 1.38. The van der Waals surface area contributed by atoms with E-state index in [-0.39, 0.29) is 17.7 Å². The van der Waals surface area contributed by atoms with Gasteiger partial charge in [0.15, 0.2) is 0 Å². The van der Waals surface area contributed by atoms with Gasteiger partial charge in [0.25, 0.3) is 0 Å². The van der Waals surface area contributed by atoms with Gasteiger partial charge in [0.05, 0.1) is 25.3 Å². The molecule has 1 aromatic rings. The maximum absolute atomic E-state index is 12.7. The van der Waals surface area contributed by atoms with Gasteiger partial charge in [-0.3, -0.25) is 19.2 Å². The first kappa shape index (κ1) is 21.3. The fraction of sp³-hybridized carbons (Fsp3) is 0.773. The zero-order chi connectivity index (χ0) is 21.1. The van der Waals surface area contributed by atoms with Gasteiger partial charge in [0.2, 0.25) is 11.8 Å². The van der Waals surface area contributed by atoms with Crippen LogP contribution in [-0.4, -0.2) is 88.8 Å². The Hall–Kier alpha value is -1.93. The molecule has 4 heterocycles. The van der Waals surface area contributed by atoms with Crippen molar-refractivity contribution in [2.45, 2.75) is 45.7 Å². The number of nitrogens with zero attached hydrogens (tertiary/aromatic N) is 5. The Morgan fingerprint density at radius 2 is 1.93 bits per heavy atom. The Morgan fingerprint density at radius 3 is 2.60 bits per heavy atom. The summed E-state index contributed by atoms with van der Waals surface area (Å²) in [4.78, 5) is 31.5. The number of rotatable bonds is 6. The van der Waals surface area contributed by atoms with Gasteiger partial charge in [0, 0.05) is 56.9 Å². The van der Waals surface area contributed by atoms with E-state index in [9.17, 15) is 9.59 Å². The highest BCUT2D eigenvalue weighted by Gasteiger charge is 2.38. The molecule has 3 fully saturated rings. The second-order valence-electron chi connectivity index (χ2n) is 9.28. The molecule has 0 bridgehead atoms. The van der Waals surface area contributed by atoms with Crippen LogP contribution < -0.4 is 0 Å². The summed E-state index contributed by atoms with van der Waals surface area (Å²) >= 11 is 0. The minimum atomic E-state index is -0.173. The van der Waals surface area contributed by atoms with Crippen LogP contribution in [0.4, 0.5) is 0 Å². The van der Waals surface area contributed by atoms with Gasteiger partial charge in [-0.2, -0.15) is 5.10 Å². The van der Waals surface area contributed by atoms with Crippen LogP contribution in [0.15, 0.2) is 12.4 Å². The van der Waals surface area contributed by atoms with Crippen molar-refractivity contribution in [2.24, 2.45) is 11.8 Å².